The van der Waals surface area contributed by atoms with E-state index in [1.807, 2.05) is 13.0 Å². The third-order valence-corrected chi connectivity index (χ3v) is 5.18. The smallest absolute Gasteiger partial charge is 0.225 e. The van der Waals surface area contributed by atoms with Gasteiger partial charge in [0.25, 0.3) is 0 Å². The summed E-state index contributed by atoms with van der Waals surface area (Å²) >= 11 is 0. The fraction of sp³-hybridized carbons (Fsp3) is 0.722. The first-order chi connectivity index (χ1) is 12.2. The van der Waals surface area contributed by atoms with Crippen LogP contribution in [-0.2, 0) is 16.1 Å². The van der Waals surface area contributed by atoms with Crippen LogP contribution in [0.3, 0.4) is 0 Å². The summed E-state index contributed by atoms with van der Waals surface area (Å²) < 4.78 is 5.50. The molecule has 0 aromatic carbocycles. The van der Waals surface area contributed by atoms with Gasteiger partial charge in [-0.3, -0.25) is 14.6 Å². The minimum absolute atomic E-state index is 0.0155. The highest BCUT2D eigenvalue weighted by Gasteiger charge is 2.31. The lowest BCUT2D eigenvalue weighted by Crippen LogP contribution is -2.45. The molecule has 138 valence electrons. The van der Waals surface area contributed by atoms with E-state index in [9.17, 15) is 4.79 Å². The number of aromatic nitrogens is 2. The van der Waals surface area contributed by atoms with Gasteiger partial charge in [-0.1, -0.05) is 0 Å². The van der Waals surface area contributed by atoms with E-state index in [2.05, 4.69) is 25.1 Å². The molecule has 3 rings (SSSR count). The maximum absolute atomic E-state index is 12.4. The van der Waals surface area contributed by atoms with E-state index < -0.39 is 0 Å². The fourth-order valence-electron chi connectivity index (χ4n) is 3.82. The number of nitrogens with one attached hydrogen (secondary N) is 1. The number of nitrogens with zero attached hydrogens (tertiary/aromatic N) is 4. The Morgan fingerprint density at radius 1 is 1.32 bits per heavy atom. The van der Waals surface area contributed by atoms with Crippen molar-refractivity contribution in [3.63, 3.8) is 0 Å². The third-order valence-electron chi connectivity index (χ3n) is 5.18. The van der Waals surface area contributed by atoms with Gasteiger partial charge in [0.2, 0.25) is 5.91 Å². The van der Waals surface area contributed by atoms with Crippen molar-refractivity contribution >= 4 is 5.91 Å². The van der Waals surface area contributed by atoms with E-state index in [1.54, 1.807) is 13.2 Å². The Balaban J connectivity index is 1.69. The molecule has 2 aliphatic rings. The Labute approximate surface area is 149 Å². The van der Waals surface area contributed by atoms with E-state index >= 15 is 0 Å². The normalized spacial score (nSPS) is 24.0. The topological polar surface area (TPSA) is 70.6 Å². The molecule has 1 amide bonds. The number of carbonyl (C=O) groups is 1. The summed E-state index contributed by atoms with van der Waals surface area (Å²) in [5, 5.41) is 2.84. The number of ether oxygens (including phenoxy) is 1. The maximum Gasteiger partial charge on any atom is 0.225 e. The number of carbonyl (C=O) groups excluding carboxylic acids is 1. The Bertz CT molecular complexity index is 576. The molecule has 7 heteroatoms. The van der Waals surface area contributed by atoms with Gasteiger partial charge in [0.1, 0.15) is 5.82 Å². The van der Waals surface area contributed by atoms with Crippen LogP contribution in [0.1, 0.15) is 24.4 Å². The highest BCUT2D eigenvalue weighted by atomic mass is 16.5. The van der Waals surface area contributed by atoms with Gasteiger partial charge in [-0.2, -0.15) is 0 Å². The predicted molar refractivity (Wildman–Crippen MR) is 95.0 cm³/mol. The van der Waals surface area contributed by atoms with Gasteiger partial charge < -0.3 is 10.1 Å². The highest BCUT2D eigenvalue weighted by Crippen LogP contribution is 2.20. The molecule has 1 aromatic rings. The first-order valence-electron chi connectivity index (χ1n) is 9.20. The Morgan fingerprint density at radius 3 is 2.84 bits per heavy atom. The number of hydrogen-bond donors (Lipinski definition) is 1. The molecule has 2 saturated heterocycles. The zero-order valence-electron chi connectivity index (χ0n) is 15.3. The second-order valence-electron chi connectivity index (χ2n) is 6.98. The molecule has 7 nitrogen and oxygen atoms in total. The van der Waals surface area contributed by atoms with Crippen LogP contribution in [0.5, 0.6) is 0 Å². The summed E-state index contributed by atoms with van der Waals surface area (Å²) in [4.78, 5) is 25.9. The van der Waals surface area contributed by atoms with Gasteiger partial charge >= 0.3 is 0 Å². The molecule has 0 saturated carbocycles. The molecular weight excluding hydrogens is 318 g/mol. The lowest BCUT2D eigenvalue weighted by Gasteiger charge is -2.34. The van der Waals surface area contributed by atoms with Crippen LogP contribution < -0.4 is 5.32 Å². The molecular formula is C18H29N5O2. The van der Waals surface area contributed by atoms with Gasteiger partial charge in [-0.05, 0) is 25.8 Å². The predicted octanol–water partition coefficient (Wildman–Crippen LogP) is 0.444. The number of hydrogen-bond acceptors (Lipinski definition) is 6. The van der Waals surface area contributed by atoms with E-state index in [1.165, 1.54) is 0 Å². The highest BCUT2D eigenvalue weighted by molar-refractivity contribution is 5.78. The molecule has 0 unspecified atom stereocenters. The fourth-order valence-corrected chi connectivity index (χ4v) is 3.82. The van der Waals surface area contributed by atoms with Gasteiger partial charge in [-0.15, -0.1) is 0 Å². The van der Waals surface area contributed by atoms with Crippen molar-refractivity contribution in [3.05, 3.63) is 23.8 Å². The molecule has 0 aliphatic carbocycles. The van der Waals surface area contributed by atoms with Crippen LogP contribution in [0, 0.1) is 12.8 Å². The van der Waals surface area contributed by atoms with Crippen LogP contribution in [0.25, 0.3) is 0 Å². The van der Waals surface area contributed by atoms with Crippen molar-refractivity contribution in [2.45, 2.75) is 32.4 Å². The van der Waals surface area contributed by atoms with Gasteiger partial charge in [0.05, 0.1) is 11.6 Å². The minimum atomic E-state index is -0.0155. The van der Waals surface area contributed by atoms with E-state index in [-0.39, 0.29) is 11.8 Å². The summed E-state index contributed by atoms with van der Waals surface area (Å²) in [6, 6.07) is 2.49. The summed E-state index contributed by atoms with van der Waals surface area (Å²) in [5.74, 6) is 0.903. The summed E-state index contributed by atoms with van der Waals surface area (Å²) in [6.07, 6.45) is 3.93. The zero-order valence-corrected chi connectivity index (χ0v) is 15.3. The molecule has 2 aliphatic heterocycles. The monoisotopic (exact) mass is 347 g/mol. The Kier molecular flexibility index (Phi) is 6.34. The largest absolute Gasteiger partial charge is 0.381 e. The number of aryl methyl sites for hydroxylation is 1. The lowest BCUT2D eigenvalue weighted by molar-refractivity contribution is -0.125. The molecule has 0 bridgehead atoms. The maximum atomic E-state index is 12.4. The van der Waals surface area contributed by atoms with Gasteiger partial charge in [0, 0.05) is 65.2 Å². The minimum Gasteiger partial charge on any atom is -0.381 e. The molecule has 0 spiro atoms. The number of rotatable bonds is 4. The molecule has 1 aromatic heterocycles. The van der Waals surface area contributed by atoms with Crippen LogP contribution in [0.4, 0.5) is 0 Å². The summed E-state index contributed by atoms with van der Waals surface area (Å²) in [6.45, 7) is 7.86. The van der Waals surface area contributed by atoms with Gasteiger partial charge in [-0.25, -0.2) is 9.97 Å². The molecule has 3 heterocycles. The third kappa shape index (κ3) is 4.96. The first-order valence-corrected chi connectivity index (χ1v) is 9.20. The molecule has 2 fully saturated rings. The summed E-state index contributed by atoms with van der Waals surface area (Å²) in [7, 11) is 1.73. The van der Waals surface area contributed by atoms with E-state index in [0.29, 0.717) is 6.04 Å². The van der Waals surface area contributed by atoms with Crippen molar-refractivity contribution in [2.75, 3.05) is 46.4 Å². The van der Waals surface area contributed by atoms with Crippen molar-refractivity contribution in [2.24, 2.45) is 5.92 Å². The quantitative estimate of drug-likeness (QED) is 0.852. The molecule has 1 N–H and O–H groups in total. The average molecular weight is 347 g/mol. The van der Waals surface area contributed by atoms with Crippen LogP contribution in [-0.4, -0.2) is 78.2 Å². The second-order valence-corrected chi connectivity index (χ2v) is 6.98. The molecule has 25 heavy (non-hydrogen) atoms. The molecule has 0 radical (unpaired) electrons. The number of amides is 1. The SMILES string of the molecule is CNC(=O)[C@@H]1CN(Cc2ccnc(C)n2)CCN(C2CCOCC2)C1. The van der Waals surface area contributed by atoms with Crippen LogP contribution in [0.2, 0.25) is 0 Å². The van der Waals surface area contributed by atoms with Crippen molar-refractivity contribution < 1.29 is 9.53 Å². The standard InChI is InChI=1S/C18H29N5O2/c1-14-20-6-3-16(21-14)13-22-7-8-23(17-4-9-25-10-5-17)12-15(11-22)18(24)19-2/h3,6,15,17H,4-5,7-13H2,1-2H3,(H,19,24)/t15-/m1/s1. The van der Waals surface area contributed by atoms with Crippen molar-refractivity contribution in [1.82, 2.24) is 25.1 Å². The second kappa shape index (κ2) is 8.69. The van der Waals surface area contributed by atoms with Crippen molar-refractivity contribution in [1.29, 1.82) is 0 Å². The Morgan fingerprint density at radius 2 is 2.12 bits per heavy atom. The van der Waals surface area contributed by atoms with E-state index in [4.69, 9.17) is 4.74 Å². The van der Waals surface area contributed by atoms with E-state index in [0.717, 1.165) is 70.3 Å². The van der Waals surface area contributed by atoms with Crippen LogP contribution in [0.15, 0.2) is 12.3 Å². The lowest BCUT2D eigenvalue weighted by atomic mass is 10.0. The summed E-state index contributed by atoms with van der Waals surface area (Å²) in [5.41, 5.74) is 1.02. The van der Waals surface area contributed by atoms with Crippen LogP contribution >= 0.6 is 0 Å². The van der Waals surface area contributed by atoms with Crippen molar-refractivity contribution in [3.8, 4) is 0 Å². The zero-order chi connectivity index (χ0) is 17.6. The first kappa shape index (κ1) is 18.2. The Hall–Kier alpha value is -1.57. The molecule has 1 atom stereocenters. The van der Waals surface area contributed by atoms with Gasteiger partial charge in [0.15, 0.2) is 0 Å². The average Bonchev–Trinajstić information content (AvgIpc) is 2.85.